The van der Waals surface area contributed by atoms with Gasteiger partial charge in [0.05, 0.1) is 5.57 Å². The van der Waals surface area contributed by atoms with Crippen molar-refractivity contribution in [2.75, 3.05) is 6.61 Å². The largest absolute Gasteiger partial charge is 0.486 e. The van der Waals surface area contributed by atoms with Crippen LogP contribution in [0.1, 0.15) is 11.3 Å². The number of carbonyl (C=O) groups excluding carboxylic acids is 1. The number of aromatic nitrogens is 1. The van der Waals surface area contributed by atoms with Gasteiger partial charge >= 0.3 is 0 Å². The summed E-state index contributed by atoms with van der Waals surface area (Å²) in [6.07, 6.45) is 3.58. The summed E-state index contributed by atoms with van der Waals surface area (Å²) in [6, 6.07) is 19.4. The highest BCUT2D eigenvalue weighted by molar-refractivity contribution is 9.10. The SMILES string of the molecule is Cc1ccccc1OCC1=NN2C(=N)/C(=C/c3cccn3-c3ccc(Br)cc3)C(=O)N=C2S1. The van der Waals surface area contributed by atoms with Crippen molar-refractivity contribution in [3.8, 4) is 11.4 Å². The Morgan fingerprint density at radius 2 is 1.91 bits per heavy atom. The van der Waals surface area contributed by atoms with Crippen LogP contribution in [0.25, 0.3) is 11.8 Å². The number of nitrogens with zero attached hydrogens (tertiary/aromatic N) is 4. The maximum absolute atomic E-state index is 12.8. The normalized spacial score (nSPS) is 16.7. The molecule has 0 fully saturated rings. The quantitative estimate of drug-likeness (QED) is 0.466. The Hall–Kier alpha value is -3.43. The molecule has 3 aromatic rings. The summed E-state index contributed by atoms with van der Waals surface area (Å²) in [5.41, 5.74) is 2.92. The number of aryl methyl sites for hydroxylation is 1. The first kappa shape index (κ1) is 21.4. The van der Waals surface area contributed by atoms with Gasteiger partial charge in [0.2, 0.25) is 5.17 Å². The molecule has 2 aliphatic rings. The van der Waals surface area contributed by atoms with E-state index in [-0.39, 0.29) is 18.0 Å². The van der Waals surface area contributed by atoms with Gasteiger partial charge < -0.3 is 9.30 Å². The zero-order valence-corrected chi connectivity index (χ0v) is 19.9. The zero-order valence-electron chi connectivity index (χ0n) is 17.5. The van der Waals surface area contributed by atoms with Crippen LogP contribution in [0.2, 0.25) is 0 Å². The minimum Gasteiger partial charge on any atom is -0.486 e. The van der Waals surface area contributed by atoms with Crippen LogP contribution in [0.4, 0.5) is 0 Å². The molecule has 1 aromatic heterocycles. The van der Waals surface area contributed by atoms with Crippen LogP contribution in [-0.4, -0.2) is 38.1 Å². The van der Waals surface area contributed by atoms with Crippen LogP contribution >= 0.6 is 27.7 Å². The minimum absolute atomic E-state index is 0.00746. The summed E-state index contributed by atoms with van der Waals surface area (Å²) in [6.45, 7) is 2.21. The first-order chi connectivity index (χ1) is 16.0. The molecule has 33 heavy (non-hydrogen) atoms. The van der Waals surface area contributed by atoms with Gasteiger partial charge in [0.15, 0.2) is 5.84 Å². The van der Waals surface area contributed by atoms with Gasteiger partial charge in [0.1, 0.15) is 17.4 Å². The number of carbonyl (C=O) groups is 1. The third-order valence-corrected chi connectivity index (χ3v) is 6.53. The standard InChI is InChI=1S/C24H18BrN5O2S/c1-15-5-2-3-7-20(15)32-14-21-28-30-22(26)19(23(31)27-24(30)33-21)13-18-6-4-12-29(18)17-10-8-16(25)9-11-17/h2-13,26H,14H2,1H3/b19-13-,26-22?. The van der Waals surface area contributed by atoms with E-state index in [2.05, 4.69) is 26.0 Å². The Labute approximate surface area is 203 Å². The Kier molecular flexibility index (Phi) is 5.74. The predicted octanol–water partition coefficient (Wildman–Crippen LogP) is 5.25. The van der Waals surface area contributed by atoms with Crippen molar-refractivity contribution in [2.45, 2.75) is 6.92 Å². The summed E-state index contributed by atoms with van der Waals surface area (Å²) in [7, 11) is 0. The zero-order chi connectivity index (χ0) is 22.9. The average molecular weight is 520 g/mol. The van der Waals surface area contributed by atoms with E-state index < -0.39 is 5.91 Å². The minimum atomic E-state index is -0.460. The highest BCUT2D eigenvalue weighted by atomic mass is 79.9. The van der Waals surface area contributed by atoms with E-state index >= 15 is 0 Å². The topological polar surface area (TPSA) is 83.0 Å². The Morgan fingerprint density at radius 1 is 1.12 bits per heavy atom. The second-order valence-electron chi connectivity index (χ2n) is 7.35. The maximum atomic E-state index is 12.8. The van der Waals surface area contributed by atoms with Gasteiger partial charge in [-0.15, -0.1) is 0 Å². The lowest BCUT2D eigenvalue weighted by Crippen LogP contribution is -2.35. The molecule has 1 amide bonds. The van der Waals surface area contributed by atoms with Crippen LogP contribution in [0.3, 0.4) is 0 Å². The molecule has 7 nitrogen and oxygen atoms in total. The number of amides is 1. The van der Waals surface area contributed by atoms with Crippen molar-refractivity contribution in [2.24, 2.45) is 10.1 Å². The van der Waals surface area contributed by atoms with Crippen molar-refractivity contribution in [1.82, 2.24) is 9.58 Å². The number of benzene rings is 2. The van der Waals surface area contributed by atoms with Gasteiger partial charge in [-0.1, -0.05) is 34.1 Å². The number of amidine groups is 2. The Bertz CT molecular complexity index is 1360. The molecule has 0 bridgehead atoms. The van der Waals surface area contributed by atoms with Gasteiger partial charge in [0.25, 0.3) is 5.91 Å². The van der Waals surface area contributed by atoms with Crippen molar-refractivity contribution < 1.29 is 9.53 Å². The van der Waals surface area contributed by atoms with E-state index in [0.717, 1.165) is 27.2 Å². The first-order valence-corrected chi connectivity index (χ1v) is 11.7. The van der Waals surface area contributed by atoms with Gasteiger partial charge in [-0.05, 0) is 72.8 Å². The molecule has 0 atom stereocenters. The number of rotatable bonds is 5. The lowest BCUT2D eigenvalue weighted by molar-refractivity contribution is -0.114. The molecule has 0 unspecified atom stereocenters. The van der Waals surface area contributed by atoms with Crippen molar-refractivity contribution in [3.63, 3.8) is 0 Å². The first-order valence-electron chi connectivity index (χ1n) is 10.1. The summed E-state index contributed by atoms with van der Waals surface area (Å²) in [5.74, 6) is 0.304. The van der Waals surface area contributed by atoms with Crippen LogP contribution in [0.5, 0.6) is 5.75 Å². The molecule has 0 aliphatic carbocycles. The average Bonchev–Trinajstić information content (AvgIpc) is 3.43. The third-order valence-electron chi connectivity index (χ3n) is 5.12. The molecular formula is C24H18BrN5O2S. The second-order valence-corrected chi connectivity index (χ2v) is 9.30. The monoisotopic (exact) mass is 519 g/mol. The van der Waals surface area contributed by atoms with E-state index in [1.807, 2.05) is 78.4 Å². The Balaban J connectivity index is 1.38. The van der Waals surface area contributed by atoms with E-state index in [1.54, 1.807) is 6.08 Å². The fourth-order valence-electron chi connectivity index (χ4n) is 3.44. The Morgan fingerprint density at radius 3 is 2.70 bits per heavy atom. The number of thioether (sulfide) groups is 1. The molecule has 0 radical (unpaired) electrons. The number of nitrogens with one attached hydrogen (secondary N) is 1. The number of fused-ring (bicyclic) bond motifs is 1. The number of aliphatic imine (C=N–C) groups is 1. The molecule has 2 aliphatic heterocycles. The molecule has 2 aromatic carbocycles. The van der Waals surface area contributed by atoms with E-state index in [0.29, 0.717) is 10.2 Å². The van der Waals surface area contributed by atoms with Gasteiger partial charge in [-0.2, -0.15) is 15.1 Å². The van der Waals surface area contributed by atoms with Crippen LogP contribution in [-0.2, 0) is 4.79 Å². The fraction of sp³-hybridized carbons (Fsp3) is 0.0833. The van der Waals surface area contributed by atoms with Gasteiger partial charge in [-0.3, -0.25) is 10.2 Å². The number of hydrazone groups is 1. The van der Waals surface area contributed by atoms with Crippen molar-refractivity contribution >= 4 is 55.7 Å². The molecule has 9 heteroatoms. The van der Waals surface area contributed by atoms with E-state index in [4.69, 9.17) is 10.1 Å². The van der Waals surface area contributed by atoms with Gasteiger partial charge in [-0.25, -0.2) is 0 Å². The number of para-hydroxylation sites is 1. The highest BCUT2D eigenvalue weighted by Crippen LogP contribution is 2.29. The second kappa shape index (κ2) is 8.84. The number of halogens is 1. The molecule has 164 valence electrons. The van der Waals surface area contributed by atoms with Crippen LogP contribution in [0.15, 0.2) is 87.0 Å². The van der Waals surface area contributed by atoms with E-state index in [1.165, 1.54) is 16.8 Å². The lowest BCUT2D eigenvalue weighted by Gasteiger charge is -2.20. The number of hydrogen-bond donors (Lipinski definition) is 1. The van der Waals surface area contributed by atoms with E-state index in [9.17, 15) is 4.79 Å². The summed E-state index contributed by atoms with van der Waals surface area (Å²) >= 11 is 4.68. The fourth-order valence-corrected chi connectivity index (χ4v) is 4.51. The lowest BCUT2D eigenvalue weighted by atomic mass is 10.1. The van der Waals surface area contributed by atoms with Crippen molar-refractivity contribution in [1.29, 1.82) is 5.41 Å². The molecule has 1 N–H and O–H groups in total. The van der Waals surface area contributed by atoms with Gasteiger partial charge in [0, 0.05) is 22.1 Å². The third kappa shape index (κ3) is 4.29. The molecule has 0 saturated heterocycles. The smallest absolute Gasteiger partial charge is 0.283 e. The van der Waals surface area contributed by atoms with Crippen LogP contribution < -0.4 is 4.74 Å². The molecule has 3 heterocycles. The summed E-state index contributed by atoms with van der Waals surface area (Å²) < 4.78 is 8.79. The van der Waals surface area contributed by atoms with Crippen LogP contribution in [0, 0.1) is 12.3 Å². The molecule has 0 spiro atoms. The molecule has 0 saturated carbocycles. The number of ether oxygens (including phenoxy) is 1. The molecular weight excluding hydrogens is 502 g/mol. The maximum Gasteiger partial charge on any atom is 0.283 e. The van der Waals surface area contributed by atoms with Crippen molar-refractivity contribution in [3.05, 3.63) is 88.2 Å². The summed E-state index contributed by atoms with van der Waals surface area (Å²) in [4.78, 5) is 16.9. The molecule has 5 rings (SSSR count). The highest BCUT2D eigenvalue weighted by Gasteiger charge is 2.36. The summed E-state index contributed by atoms with van der Waals surface area (Å²) in [5, 5.41) is 15.5. The number of hydrogen-bond acceptors (Lipinski definition) is 5. The predicted molar refractivity (Wildman–Crippen MR) is 135 cm³/mol.